The van der Waals surface area contributed by atoms with Crippen LogP contribution in [0.25, 0.3) is 0 Å². The summed E-state index contributed by atoms with van der Waals surface area (Å²) in [4.78, 5) is 10.8. The number of thiophene rings is 1. The fourth-order valence-electron chi connectivity index (χ4n) is 1.52. The molecular formula is C12H10BrNO4S2. The van der Waals surface area contributed by atoms with E-state index in [0.29, 0.717) is 17.0 Å². The van der Waals surface area contributed by atoms with Crippen molar-refractivity contribution in [2.24, 2.45) is 0 Å². The summed E-state index contributed by atoms with van der Waals surface area (Å²) >= 11 is 4.02. The highest BCUT2D eigenvalue weighted by molar-refractivity contribution is 9.10. The average molecular weight is 376 g/mol. The highest BCUT2D eigenvalue weighted by Gasteiger charge is 2.19. The standard InChI is InChI=1S/C12H10BrNO4S2/c1-7-6-8(13)2-3-9(7)14-20(17,18)11-5-4-10(19-11)12(15)16/h2-6,14H,1H3,(H,15,16). The molecule has 0 radical (unpaired) electrons. The highest BCUT2D eigenvalue weighted by Crippen LogP contribution is 2.26. The second kappa shape index (κ2) is 5.55. The monoisotopic (exact) mass is 375 g/mol. The van der Waals surface area contributed by atoms with E-state index < -0.39 is 16.0 Å². The van der Waals surface area contributed by atoms with Gasteiger partial charge in [-0.1, -0.05) is 15.9 Å². The van der Waals surface area contributed by atoms with Crippen LogP contribution in [0.1, 0.15) is 15.2 Å². The molecule has 1 heterocycles. The maximum atomic E-state index is 12.2. The zero-order valence-electron chi connectivity index (χ0n) is 10.3. The van der Waals surface area contributed by atoms with Crippen LogP contribution in [0.5, 0.6) is 0 Å². The third kappa shape index (κ3) is 3.20. The van der Waals surface area contributed by atoms with Crippen LogP contribution < -0.4 is 4.72 Å². The van der Waals surface area contributed by atoms with Gasteiger partial charge in [-0.25, -0.2) is 13.2 Å². The third-order valence-corrected chi connectivity index (χ3v) is 5.91. The maximum Gasteiger partial charge on any atom is 0.345 e. The Balaban J connectivity index is 2.33. The average Bonchev–Trinajstić information content (AvgIpc) is 2.83. The first kappa shape index (κ1) is 15.0. The van der Waals surface area contributed by atoms with E-state index in [2.05, 4.69) is 20.7 Å². The number of aromatic carboxylic acids is 1. The molecule has 2 N–H and O–H groups in total. The van der Waals surface area contributed by atoms with Crippen LogP contribution in [-0.2, 0) is 10.0 Å². The first-order chi connectivity index (χ1) is 9.29. The zero-order chi connectivity index (χ0) is 14.9. The Labute approximate surface area is 128 Å². The van der Waals surface area contributed by atoms with Gasteiger partial charge in [0.2, 0.25) is 0 Å². The Bertz CT molecular complexity index is 768. The molecule has 0 unspecified atom stereocenters. The lowest BCUT2D eigenvalue weighted by molar-refractivity contribution is 0.0702. The van der Waals surface area contributed by atoms with Crippen LogP contribution in [0.4, 0.5) is 5.69 Å². The van der Waals surface area contributed by atoms with Crippen LogP contribution in [-0.4, -0.2) is 19.5 Å². The number of rotatable bonds is 4. The van der Waals surface area contributed by atoms with Crippen molar-refractivity contribution in [3.63, 3.8) is 0 Å². The van der Waals surface area contributed by atoms with Gasteiger partial charge in [-0.05, 0) is 42.8 Å². The van der Waals surface area contributed by atoms with Gasteiger partial charge in [0.25, 0.3) is 10.0 Å². The number of carboxylic acid groups (broad SMARTS) is 1. The number of hydrogen-bond donors (Lipinski definition) is 2. The lowest BCUT2D eigenvalue weighted by Gasteiger charge is -2.09. The van der Waals surface area contributed by atoms with Crippen LogP contribution in [0.3, 0.4) is 0 Å². The molecule has 0 aliphatic heterocycles. The number of nitrogens with one attached hydrogen (secondary N) is 1. The summed E-state index contributed by atoms with van der Waals surface area (Å²) in [6.07, 6.45) is 0. The summed E-state index contributed by atoms with van der Waals surface area (Å²) in [5, 5.41) is 8.82. The molecule has 0 amide bonds. The van der Waals surface area contributed by atoms with Gasteiger partial charge in [-0.2, -0.15) is 0 Å². The Morgan fingerprint density at radius 3 is 2.55 bits per heavy atom. The molecule has 1 aromatic carbocycles. The van der Waals surface area contributed by atoms with Gasteiger partial charge in [0.05, 0.1) is 5.69 Å². The number of benzene rings is 1. The lowest BCUT2D eigenvalue weighted by atomic mass is 10.2. The predicted molar refractivity (Wildman–Crippen MR) is 81.0 cm³/mol. The molecule has 0 aliphatic rings. The summed E-state index contributed by atoms with van der Waals surface area (Å²) < 4.78 is 27.6. The van der Waals surface area contributed by atoms with Crippen molar-refractivity contribution in [3.8, 4) is 0 Å². The maximum absolute atomic E-state index is 12.2. The summed E-state index contributed by atoms with van der Waals surface area (Å²) in [5.74, 6) is -1.14. The summed E-state index contributed by atoms with van der Waals surface area (Å²) in [6.45, 7) is 1.78. The van der Waals surface area contributed by atoms with Gasteiger partial charge >= 0.3 is 5.97 Å². The van der Waals surface area contributed by atoms with E-state index in [4.69, 9.17) is 5.11 Å². The van der Waals surface area contributed by atoms with Crippen molar-refractivity contribution < 1.29 is 18.3 Å². The van der Waals surface area contributed by atoms with E-state index in [-0.39, 0.29) is 9.09 Å². The van der Waals surface area contributed by atoms with Crippen LogP contribution in [0.2, 0.25) is 0 Å². The second-order valence-corrected chi connectivity index (χ2v) is 7.90. The minimum Gasteiger partial charge on any atom is -0.477 e. The smallest absolute Gasteiger partial charge is 0.345 e. The molecule has 0 atom stereocenters. The van der Waals surface area contributed by atoms with Crippen LogP contribution in [0, 0.1) is 6.92 Å². The normalized spacial score (nSPS) is 11.3. The minimum atomic E-state index is -3.77. The Morgan fingerprint density at radius 1 is 1.30 bits per heavy atom. The lowest BCUT2D eigenvalue weighted by Crippen LogP contribution is -2.12. The quantitative estimate of drug-likeness (QED) is 0.858. The molecular weight excluding hydrogens is 366 g/mol. The van der Waals surface area contributed by atoms with Gasteiger partial charge in [0.15, 0.2) is 0 Å². The molecule has 20 heavy (non-hydrogen) atoms. The predicted octanol–water partition coefficient (Wildman–Crippen LogP) is 3.32. The zero-order valence-corrected chi connectivity index (χ0v) is 13.5. The van der Waals surface area contributed by atoms with E-state index >= 15 is 0 Å². The van der Waals surface area contributed by atoms with Crippen molar-refractivity contribution in [1.29, 1.82) is 0 Å². The molecule has 0 aliphatic carbocycles. The Kier molecular flexibility index (Phi) is 4.17. The third-order valence-electron chi connectivity index (χ3n) is 2.49. The SMILES string of the molecule is Cc1cc(Br)ccc1NS(=O)(=O)c1ccc(C(=O)O)s1. The molecule has 0 saturated carbocycles. The van der Waals surface area contributed by atoms with Crippen molar-refractivity contribution >= 4 is 48.9 Å². The van der Waals surface area contributed by atoms with Crippen LogP contribution in [0.15, 0.2) is 39.0 Å². The van der Waals surface area contributed by atoms with Crippen molar-refractivity contribution in [3.05, 3.63) is 45.2 Å². The highest BCUT2D eigenvalue weighted by atomic mass is 79.9. The fourth-order valence-corrected chi connectivity index (χ4v) is 4.27. The van der Waals surface area contributed by atoms with Crippen molar-refractivity contribution in [1.82, 2.24) is 0 Å². The first-order valence-electron chi connectivity index (χ1n) is 5.42. The van der Waals surface area contributed by atoms with E-state index in [1.165, 1.54) is 12.1 Å². The van der Waals surface area contributed by atoms with Crippen molar-refractivity contribution in [2.45, 2.75) is 11.1 Å². The van der Waals surface area contributed by atoms with Crippen molar-refractivity contribution in [2.75, 3.05) is 4.72 Å². The van der Waals surface area contributed by atoms with E-state index in [1.54, 1.807) is 25.1 Å². The summed E-state index contributed by atoms with van der Waals surface area (Å²) in [7, 11) is -3.77. The first-order valence-corrected chi connectivity index (χ1v) is 8.51. The second-order valence-electron chi connectivity index (χ2n) is 3.99. The molecule has 106 valence electrons. The van der Waals surface area contributed by atoms with Crippen LogP contribution >= 0.6 is 27.3 Å². The molecule has 2 rings (SSSR count). The summed E-state index contributed by atoms with van der Waals surface area (Å²) in [5.41, 5.74) is 1.22. The van der Waals surface area contributed by atoms with Gasteiger partial charge < -0.3 is 5.11 Å². The molecule has 8 heteroatoms. The van der Waals surface area contributed by atoms with E-state index in [0.717, 1.165) is 10.0 Å². The Hall–Kier alpha value is -1.38. The fraction of sp³-hybridized carbons (Fsp3) is 0.0833. The molecule has 0 spiro atoms. The Morgan fingerprint density at radius 2 is 2.00 bits per heavy atom. The number of anilines is 1. The minimum absolute atomic E-state index is 0.0158. The van der Waals surface area contributed by atoms with E-state index in [1.807, 2.05) is 0 Å². The molecule has 0 fully saturated rings. The molecule has 5 nitrogen and oxygen atoms in total. The largest absolute Gasteiger partial charge is 0.477 e. The van der Waals surface area contributed by atoms with Gasteiger partial charge in [0.1, 0.15) is 9.09 Å². The number of halogens is 1. The van der Waals surface area contributed by atoms with Gasteiger partial charge in [0, 0.05) is 4.47 Å². The molecule has 1 aromatic heterocycles. The van der Waals surface area contributed by atoms with Gasteiger partial charge in [-0.15, -0.1) is 11.3 Å². The number of hydrogen-bond acceptors (Lipinski definition) is 4. The number of aryl methyl sites for hydroxylation is 1. The molecule has 0 bridgehead atoms. The van der Waals surface area contributed by atoms with Gasteiger partial charge in [-0.3, -0.25) is 4.72 Å². The number of sulfonamides is 1. The number of carbonyl (C=O) groups is 1. The molecule has 0 saturated heterocycles. The topological polar surface area (TPSA) is 83.5 Å². The van der Waals surface area contributed by atoms with E-state index in [9.17, 15) is 13.2 Å². The summed E-state index contributed by atoms with van der Waals surface area (Å²) in [6, 6.07) is 7.71. The molecule has 2 aromatic rings. The number of carboxylic acids is 1.